The SMILES string of the molecule is CCN1CN(Cc2cc(=O)n3ccsc3n2)CC1=O. The Bertz CT molecular complexity index is 678. The van der Waals surface area contributed by atoms with Gasteiger partial charge in [0.15, 0.2) is 4.96 Å². The van der Waals surface area contributed by atoms with Crippen molar-refractivity contribution in [1.29, 1.82) is 0 Å². The number of aromatic nitrogens is 2. The lowest BCUT2D eigenvalue weighted by Crippen LogP contribution is -2.27. The molecule has 1 aliphatic heterocycles. The van der Waals surface area contributed by atoms with Crippen LogP contribution in [0, 0.1) is 0 Å². The number of likely N-dealkylation sites (N-methyl/N-ethyl adjacent to an activating group) is 1. The summed E-state index contributed by atoms with van der Waals surface area (Å²) in [6, 6.07) is 1.54. The van der Waals surface area contributed by atoms with Gasteiger partial charge in [-0.2, -0.15) is 0 Å². The van der Waals surface area contributed by atoms with Crippen LogP contribution in [-0.2, 0) is 11.3 Å². The van der Waals surface area contributed by atoms with Gasteiger partial charge in [0.2, 0.25) is 5.91 Å². The van der Waals surface area contributed by atoms with Gasteiger partial charge in [0.25, 0.3) is 5.56 Å². The fourth-order valence-corrected chi connectivity index (χ4v) is 2.98. The number of carbonyl (C=O) groups excluding carboxylic acids is 1. The summed E-state index contributed by atoms with van der Waals surface area (Å²) < 4.78 is 1.53. The third-order valence-corrected chi connectivity index (χ3v) is 3.96. The Morgan fingerprint density at radius 1 is 1.42 bits per heavy atom. The Morgan fingerprint density at radius 3 is 3.00 bits per heavy atom. The van der Waals surface area contributed by atoms with Crippen LogP contribution in [0.5, 0.6) is 0 Å². The van der Waals surface area contributed by atoms with E-state index in [9.17, 15) is 9.59 Å². The average molecular weight is 278 g/mol. The van der Waals surface area contributed by atoms with Crippen molar-refractivity contribution in [3.63, 3.8) is 0 Å². The molecule has 3 rings (SSSR count). The number of rotatable bonds is 3. The zero-order chi connectivity index (χ0) is 13.4. The van der Waals surface area contributed by atoms with E-state index in [0.29, 0.717) is 24.7 Å². The molecule has 2 aromatic rings. The fraction of sp³-hybridized carbons (Fsp3) is 0.417. The molecule has 0 saturated carbocycles. The first-order valence-corrected chi connectivity index (χ1v) is 7.01. The summed E-state index contributed by atoms with van der Waals surface area (Å²) in [6.45, 7) is 4.23. The minimum absolute atomic E-state index is 0.0703. The Balaban J connectivity index is 1.82. The van der Waals surface area contributed by atoms with Gasteiger partial charge in [-0.15, -0.1) is 11.3 Å². The topological polar surface area (TPSA) is 57.9 Å². The van der Waals surface area contributed by atoms with E-state index in [-0.39, 0.29) is 11.5 Å². The highest BCUT2D eigenvalue weighted by molar-refractivity contribution is 7.15. The average Bonchev–Trinajstić information content (AvgIpc) is 2.96. The number of carbonyl (C=O) groups is 1. The van der Waals surface area contributed by atoms with Crippen LogP contribution >= 0.6 is 11.3 Å². The minimum atomic E-state index is -0.0703. The summed E-state index contributed by atoms with van der Waals surface area (Å²) in [7, 11) is 0. The molecule has 1 aliphatic rings. The highest BCUT2D eigenvalue weighted by Crippen LogP contribution is 2.11. The standard InChI is InChI=1S/C12H14N4O2S/c1-2-15-8-14(7-11(15)18)6-9-5-10(17)16-3-4-19-12(16)13-9/h3-5H,2,6-8H2,1H3. The first-order chi connectivity index (χ1) is 9.17. The first kappa shape index (κ1) is 12.3. The summed E-state index contributed by atoms with van der Waals surface area (Å²) in [4.78, 5) is 32.4. The predicted molar refractivity (Wildman–Crippen MR) is 72.0 cm³/mol. The van der Waals surface area contributed by atoms with Gasteiger partial charge in [0.1, 0.15) is 0 Å². The van der Waals surface area contributed by atoms with Crippen molar-refractivity contribution in [2.24, 2.45) is 0 Å². The lowest BCUT2D eigenvalue weighted by atomic mass is 10.4. The fourth-order valence-electron chi connectivity index (χ4n) is 2.24. The van der Waals surface area contributed by atoms with Crippen molar-refractivity contribution < 1.29 is 4.79 Å². The van der Waals surface area contributed by atoms with E-state index in [4.69, 9.17) is 0 Å². The molecule has 0 N–H and O–H groups in total. The Hall–Kier alpha value is -1.73. The van der Waals surface area contributed by atoms with Gasteiger partial charge in [0, 0.05) is 30.7 Å². The van der Waals surface area contributed by atoms with Crippen LogP contribution in [0.3, 0.4) is 0 Å². The van der Waals surface area contributed by atoms with E-state index in [1.807, 2.05) is 17.2 Å². The predicted octanol–water partition coefficient (Wildman–Crippen LogP) is 0.378. The molecule has 1 fully saturated rings. The highest BCUT2D eigenvalue weighted by atomic mass is 32.1. The van der Waals surface area contributed by atoms with E-state index in [1.54, 1.807) is 17.2 Å². The maximum absolute atomic E-state index is 11.9. The molecule has 0 unspecified atom stereocenters. The van der Waals surface area contributed by atoms with Gasteiger partial charge in [-0.05, 0) is 6.92 Å². The van der Waals surface area contributed by atoms with Gasteiger partial charge >= 0.3 is 0 Å². The summed E-state index contributed by atoms with van der Waals surface area (Å²) in [5.41, 5.74) is 0.650. The molecule has 1 amide bonds. The third-order valence-electron chi connectivity index (χ3n) is 3.21. The molecule has 19 heavy (non-hydrogen) atoms. The van der Waals surface area contributed by atoms with Crippen LogP contribution in [0.4, 0.5) is 0 Å². The molecule has 7 heteroatoms. The van der Waals surface area contributed by atoms with Crippen molar-refractivity contribution in [2.45, 2.75) is 13.5 Å². The molecule has 0 bridgehead atoms. The monoisotopic (exact) mass is 278 g/mol. The summed E-state index contributed by atoms with van der Waals surface area (Å²) in [6.07, 6.45) is 1.72. The Morgan fingerprint density at radius 2 is 2.26 bits per heavy atom. The van der Waals surface area contributed by atoms with Gasteiger partial charge in [-0.3, -0.25) is 18.9 Å². The van der Waals surface area contributed by atoms with Crippen molar-refractivity contribution in [3.05, 3.63) is 33.7 Å². The lowest BCUT2D eigenvalue weighted by molar-refractivity contribution is -0.126. The van der Waals surface area contributed by atoms with E-state index in [0.717, 1.165) is 12.2 Å². The molecule has 0 spiro atoms. The second-order valence-corrected chi connectivity index (χ2v) is 5.39. The van der Waals surface area contributed by atoms with E-state index in [1.165, 1.54) is 15.7 Å². The van der Waals surface area contributed by atoms with Crippen LogP contribution in [0.15, 0.2) is 22.4 Å². The Labute approximate surface area is 113 Å². The number of hydrogen-bond acceptors (Lipinski definition) is 5. The molecule has 0 aliphatic carbocycles. The molecule has 100 valence electrons. The molecule has 0 aromatic carbocycles. The van der Waals surface area contributed by atoms with Gasteiger partial charge < -0.3 is 4.90 Å². The van der Waals surface area contributed by atoms with Crippen molar-refractivity contribution in [3.8, 4) is 0 Å². The highest BCUT2D eigenvalue weighted by Gasteiger charge is 2.26. The molecule has 0 radical (unpaired) electrons. The first-order valence-electron chi connectivity index (χ1n) is 6.13. The van der Waals surface area contributed by atoms with Crippen LogP contribution in [0.25, 0.3) is 4.96 Å². The van der Waals surface area contributed by atoms with Crippen molar-refractivity contribution >= 4 is 22.2 Å². The number of hydrogen-bond donors (Lipinski definition) is 0. The molecule has 3 heterocycles. The maximum Gasteiger partial charge on any atom is 0.258 e. The number of amides is 1. The largest absolute Gasteiger partial charge is 0.329 e. The molecule has 2 aromatic heterocycles. The number of thiazole rings is 1. The molecular weight excluding hydrogens is 264 g/mol. The molecular formula is C12H14N4O2S. The number of fused-ring (bicyclic) bond motifs is 1. The van der Waals surface area contributed by atoms with Crippen molar-refractivity contribution in [2.75, 3.05) is 19.8 Å². The van der Waals surface area contributed by atoms with E-state index < -0.39 is 0 Å². The summed E-state index contributed by atoms with van der Waals surface area (Å²) in [5.74, 6) is 0.136. The molecule has 6 nitrogen and oxygen atoms in total. The van der Waals surface area contributed by atoms with Crippen LogP contribution in [0.1, 0.15) is 12.6 Å². The maximum atomic E-state index is 11.9. The van der Waals surface area contributed by atoms with Crippen LogP contribution < -0.4 is 5.56 Å². The van der Waals surface area contributed by atoms with E-state index in [2.05, 4.69) is 4.98 Å². The van der Waals surface area contributed by atoms with Gasteiger partial charge in [-0.25, -0.2) is 4.98 Å². The van der Waals surface area contributed by atoms with Crippen LogP contribution in [-0.4, -0.2) is 44.8 Å². The smallest absolute Gasteiger partial charge is 0.258 e. The zero-order valence-electron chi connectivity index (χ0n) is 10.6. The molecule has 0 atom stereocenters. The molecule has 1 saturated heterocycles. The summed E-state index contributed by atoms with van der Waals surface area (Å²) >= 11 is 1.44. The second-order valence-electron chi connectivity index (χ2n) is 4.52. The third kappa shape index (κ3) is 2.26. The van der Waals surface area contributed by atoms with Crippen molar-refractivity contribution in [1.82, 2.24) is 19.2 Å². The lowest BCUT2D eigenvalue weighted by Gasteiger charge is -2.15. The Kier molecular flexibility index (Phi) is 3.08. The quantitative estimate of drug-likeness (QED) is 0.814. The van der Waals surface area contributed by atoms with Crippen LogP contribution in [0.2, 0.25) is 0 Å². The summed E-state index contributed by atoms with van der Waals surface area (Å²) in [5, 5.41) is 1.84. The zero-order valence-corrected chi connectivity index (χ0v) is 11.4. The number of nitrogens with zero attached hydrogens (tertiary/aromatic N) is 4. The van der Waals surface area contributed by atoms with E-state index >= 15 is 0 Å². The normalized spacial score (nSPS) is 16.7. The van der Waals surface area contributed by atoms with Gasteiger partial charge in [-0.1, -0.05) is 0 Å². The minimum Gasteiger partial charge on any atom is -0.329 e. The van der Waals surface area contributed by atoms with Gasteiger partial charge in [0.05, 0.1) is 18.9 Å². The second kappa shape index (κ2) is 4.75.